The van der Waals surface area contributed by atoms with Gasteiger partial charge in [-0.3, -0.25) is 0 Å². The molecule has 0 nitrogen and oxygen atoms in total. The summed E-state index contributed by atoms with van der Waals surface area (Å²) in [5.41, 5.74) is 0. The molecule has 4 unspecified atom stereocenters. The Morgan fingerprint density at radius 1 is 1.30 bits per heavy atom. The fourth-order valence-electron chi connectivity index (χ4n) is 1.70. The lowest BCUT2D eigenvalue weighted by molar-refractivity contribution is 0.144. The molecule has 1 aliphatic rings. The lowest BCUT2D eigenvalue weighted by Crippen LogP contribution is -2.18. The van der Waals surface area contributed by atoms with E-state index in [-0.39, 0.29) is 11.8 Å². The molecule has 1 rings (SSSR count). The van der Waals surface area contributed by atoms with Crippen molar-refractivity contribution in [3.8, 4) is 0 Å². The van der Waals surface area contributed by atoms with Crippen molar-refractivity contribution in [3.63, 3.8) is 0 Å². The summed E-state index contributed by atoms with van der Waals surface area (Å²) in [5, 5.41) is 0. The lowest BCUT2D eigenvalue weighted by atomic mass is 10.0. The summed E-state index contributed by atoms with van der Waals surface area (Å²) in [6.45, 7) is 3.70. The van der Waals surface area contributed by atoms with Crippen molar-refractivity contribution >= 4 is 0 Å². The molecule has 1 fully saturated rings. The first-order chi connectivity index (χ1) is 4.66. The van der Waals surface area contributed by atoms with Gasteiger partial charge in [0.15, 0.2) is 0 Å². The molecule has 0 aromatic carbocycles. The first-order valence-electron chi connectivity index (χ1n) is 3.95. The molecule has 4 atom stereocenters. The van der Waals surface area contributed by atoms with Crippen LogP contribution in [0.25, 0.3) is 0 Å². The molecule has 0 aromatic rings. The third-order valence-corrected chi connectivity index (χ3v) is 2.50. The third-order valence-electron chi connectivity index (χ3n) is 2.50. The molecule has 0 heterocycles. The summed E-state index contributed by atoms with van der Waals surface area (Å²) in [6.07, 6.45) is -0.907. The van der Waals surface area contributed by atoms with E-state index in [1.165, 1.54) is 0 Å². The summed E-state index contributed by atoms with van der Waals surface area (Å²) in [7, 11) is 0. The summed E-state index contributed by atoms with van der Waals surface area (Å²) >= 11 is 0. The van der Waals surface area contributed by atoms with Gasteiger partial charge in [-0.1, -0.05) is 20.3 Å². The van der Waals surface area contributed by atoms with Gasteiger partial charge in [-0.05, 0) is 18.3 Å². The SMILES string of the molecule is CCC1CC(C)C(F)C1F. The number of rotatable bonds is 1. The van der Waals surface area contributed by atoms with Crippen LogP contribution in [0, 0.1) is 11.8 Å². The molecule has 10 heavy (non-hydrogen) atoms. The largest absolute Gasteiger partial charge is 0.244 e. The number of hydrogen-bond donors (Lipinski definition) is 0. The maximum atomic E-state index is 12.9. The average molecular weight is 148 g/mol. The van der Waals surface area contributed by atoms with Crippen LogP contribution in [0.2, 0.25) is 0 Å². The predicted molar refractivity (Wildman–Crippen MR) is 37.4 cm³/mol. The molecule has 0 saturated heterocycles. The monoisotopic (exact) mass is 148 g/mol. The minimum atomic E-state index is -1.20. The van der Waals surface area contributed by atoms with E-state index in [1.54, 1.807) is 6.92 Å². The molecule has 0 aromatic heterocycles. The molecule has 0 N–H and O–H groups in total. The second-order valence-corrected chi connectivity index (χ2v) is 3.27. The number of alkyl halides is 2. The first-order valence-corrected chi connectivity index (χ1v) is 3.95. The van der Waals surface area contributed by atoms with Crippen LogP contribution in [0.3, 0.4) is 0 Å². The van der Waals surface area contributed by atoms with Crippen LogP contribution in [0.15, 0.2) is 0 Å². The highest BCUT2D eigenvalue weighted by Gasteiger charge is 2.40. The highest BCUT2D eigenvalue weighted by atomic mass is 19.2. The lowest BCUT2D eigenvalue weighted by Gasteiger charge is -2.09. The summed E-state index contributed by atoms with van der Waals surface area (Å²) < 4.78 is 25.6. The van der Waals surface area contributed by atoms with Gasteiger partial charge in [-0.15, -0.1) is 0 Å². The van der Waals surface area contributed by atoms with E-state index in [0.29, 0.717) is 0 Å². The number of hydrogen-bond acceptors (Lipinski definition) is 0. The van der Waals surface area contributed by atoms with Crippen LogP contribution in [0.5, 0.6) is 0 Å². The van der Waals surface area contributed by atoms with Gasteiger partial charge in [0.25, 0.3) is 0 Å². The van der Waals surface area contributed by atoms with Crippen LogP contribution in [0.1, 0.15) is 26.7 Å². The van der Waals surface area contributed by atoms with Crippen molar-refractivity contribution in [3.05, 3.63) is 0 Å². The standard InChI is InChI=1S/C8H14F2/c1-3-6-4-5(2)7(9)8(6)10/h5-8H,3-4H2,1-2H3. The van der Waals surface area contributed by atoms with Crippen molar-refractivity contribution in [1.82, 2.24) is 0 Å². The van der Waals surface area contributed by atoms with E-state index < -0.39 is 12.3 Å². The summed E-state index contributed by atoms with van der Waals surface area (Å²) in [6, 6.07) is 0. The van der Waals surface area contributed by atoms with E-state index in [9.17, 15) is 8.78 Å². The zero-order valence-corrected chi connectivity index (χ0v) is 6.48. The van der Waals surface area contributed by atoms with Gasteiger partial charge in [0.1, 0.15) is 12.3 Å². The summed E-state index contributed by atoms with van der Waals surface area (Å²) in [5.74, 6) is -0.0926. The summed E-state index contributed by atoms with van der Waals surface area (Å²) in [4.78, 5) is 0. The second-order valence-electron chi connectivity index (χ2n) is 3.27. The van der Waals surface area contributed by atoms with Gasteiger partial charge in [-0.25, -0.2) is 8.78 Å². The van der Waals surface area contributed by atoms with E-state index in [2.05, 4.69) is 0 Å². The molecule has 1 aliphatic carbocycles. The first kappa shape index (κ1) is 7.96. The Balaban J connectivity index is 2.53. The van der Waals surface area contributed by atoms with Gasteiger partial charge in [-0.2, -0.15) is 0 Å². The van der Waals surface area contributed by atoms with Crippen molar-refractivity contribution in [2.24, 2.45) is 11.8 Å². The van der Waals surface area contributed by atoms with Crippen LogP contribution < -0.4 is 0 Å². The Hall–Kier alpha value is -0.140. The average Bonchev–Trinajstić information content (AvgIpc) is 2.17. The Morgan fingerprint density at radius 3 is 2.10 bits per heavy atom. The van der Waals surface area contributed by atoms with Crippen molar-refractivity contribution in [2.75, 3.05) is 0 Å². The zero-order valence-electron chi connectivity index (χ0n) is 6.48. The molecule has 0 spiro atoms. The molecular weight excluding hydrogens is 134 g/mol. The van der Waals surface area contributed by atoms with Crippen molar-refractivity contribution in [1.29, 1.82) is 0 Å². The van der Waals surface area contributed by atoms with Crippen LogP contribution in [-0.4, -0.2) is 12.3 Å². The number of halogens is 2. The maximum Gasteiger partial charge on any atom is 0.134 e. The Kier molecular flexibility index (Phi) is 2.27. The normalized spacial score (nSPS) is 48.0. The van der Waals surface area contributed by atoms with Crippen molar-refractivity contribution < 1.29 is 8.78 Å². The van der Waals surface area contributed by atoms with Gasteiger partial charge >= 0.3 is 0 Å². The Bertz CT molecular complexity index is 114. The minimum Gasteiger partial charge on any atom is -0.244 e. The molecule has 2 heteroatoms. The third kappa shape index (κ3) is 1.16. The van der Waals surface area contributed by atoms with Gasteiger partial charge in [0, 0.05) is 0 Å². The predicted octanol–water partition coefficient (Wildman–Crippen LogP) is 2.73. The Morgan fingerprint density at radius 2 is 1.90 bits per heavy atom. The molecule has 0 radical (unpaired) electrons. The fourth-order valence-corrected chi connectivity index (χ4v) is 1.70. The fraction of sp³-hybridized carbons (Fsp3) is 1.00. The quantitative estimate of drug-likeness (QED) is 0.536. The van der Waals surface area contributed by atoms with Gasteiger partial charge in [0.05, 0.1) is 0 Å². The van der Waals surface area contributed by atoms with E-state index in [0.717, 1.165) is 12.8 Å². The molecule has 0 aliphatic heterocycles. The Labute approximate surface area is 60.6 Å². The molecular formula is C8H14F2. The highest BCUT2D eigenvalue weighted by molar-refractivity contribution is 4.88. The smallest absolute Gasteiger partial charge is 0.134 e. The van der Waals surface area contributed by atoms with Crippen LogP contribution >= 0.6 is 0 Å². The molecule has 0 bridgehead atoms. The van der Waals surface area contributed by atoms with Crippen LogP contribution in [-0.2, 0) is 0 Å². The highest BCUT2D eigenvalue weighted by Crippen LogP contribution is 2.37. The molecule has 0 amide bonds. The molecule has 60 valence electrons. The molecule has 1 saturated carbocycles. The van der Waals surface area contributed by atoms with Gasteiger partial charge in [0.2, 0.25) is 0 Å². The van der Waals surface area contributed by atoms with E-state index in [4.69, 9.17) is 0 Å². The van der Waals surface area contributed by atoms with Crippen LogP contribution in [0.4, 0.5) is 8.78 Å². The van der Waals surface area contributed by atoms with E-state index >= 15 is 0 Å². The zero-order chi connectivity index (χ0) is 7.72. The van der Waals surface area contributed by atoms with Gasteiger partial charge < -0.3 is 0 Å². The van der Waals surface area contributed by atoms with Crippen molar-refractivity contribution in [2.45, 2.75) is 39.0 Å². The topological polar surface area (TPSA) is 0 Å². The maximum absolute atomic E-state index is 12.9. The van der Waals surface area contributed by atoms with E-state index in [1.807, 2.05) is 6.92 Å². The minimum absolute atomic E-state index is 0.0231. The second kappa shape index (κ2) is 2.85.